The zero-order valence-electron chi connectivity index (χ0n) is 11.0. The maximum atomic E-state index is 5.78. The summed E-state index contributed by atoms with van der Waals surface area (Å²) in [7, 11) is 1.71. The third kappa shape index (κ3) is 5.20. The first-order valence-corrected chi connectivity index (χ1v) is 6.17. The van der Waals surface area contributed by atoms with Crippen molar-refractivity contribution in [2.75, 3.05) is 33.4 Å². The van der Waals surface area contributed by atoms with Crippen LogP contribution in [0, 0.1) is 0 Å². The molecule has 0 amide bonds. The quantitative estimate of drug-likeness (QED) is 0.704. The molecule has 0 atom stereocenters. The van der Waals surface area contributed by atoms with Gasteiger partial charge in [0.25, 0.3) is 0 Å². The molecule has 0 bridgehead atoms. The largest absolute Gasteiger partial charge is 0.492 e. The van der Waals surface area contributed by atoms with Crippen LogP contribution in [-0.2, 0) is 4.74 Å². The predicted molar refractivity (Wildman–Crippen MR) is 70.8 cm³/mol. The first-order valence-electron chi connectivity index (χ1n) is 6.17. The topological polar surface area (TPSA) is 30.5 Å². The molecule has 0 heterocycles. The minimum Gasteiger partial charge on any atom is -0.492 e. The summed E-state index contributed by atoms with van der Waals surface area (Å²) in [5.74, 6) is 1.49. The van der Waals surface area contributed by atoms with Crippen LogP contribution in [0.15, 0.2) is 24.3 Å². The van der Waals surface area contributed by atoms with E-state index in [2.05, 4.69) is 31.3 Å². The lowest BCUT2D eigenvalue weighted by Crippen LogP contribution is -2.24. The van der Waals surface area contributed by atoms with Crippen LogP contribution in [0.4, 0.5) is 0 Å². The highest BCUT2D eigenvalue weighted by molar-refractivity contribution is 5.35. The Hall–Kier alpha value is -1.06. The number of para-hydroxylation sites is 1. The van der Waals surface area contributed by atoms with Gasteiger partial charge < -0.3 is 14.8 Å². The van der Waals surface area contributed by atoms with E-state index in [4.69, 9.17) is 9.47 Å². The van der Waals surface area contributed by atoms with Crippen LogP contribution in [0.2, 0.25) is 0 Å². The standard InChI is InChI=1S/C14H23NO2/c1-12(2)13-6-4-5-7-14(13)17-11-9-15-8-10-16-3/h4-7,12,15H,8-11H2,1-3H3. The molecule has 0 spiro atoms. The fourth-order valence-electron chi connectivity index (χ4n) is 1.62. The molecule has 0 aliphatic carbocycles. The van der Waals surface area contributed by atoms with Gasteiger partial charge in [0.15, 0.2) is 0 Å². The lowest BCUT2D eigenvalue weighted by Gasteiger charge is -2.13. The Morgan fingerprint density at radius 1 is 1.12 bits per heavy atom. The molecule has 0 aliphatic heterocycles. The minimum atomic E-state index is 0.493. The van der Waals surface area contributed by atoms with Gasteiger partial charge in [-0.3, -0.25) is 0 Å². The number of nitrogens with one attached hydrogen (secondary N) is 1. The summed E-state index contributed by atoms with van der Waals surface area (Å²) in [6, 6.07) is 8.22. The van der Waals surface area contributed by atoms with E-state index in [-0.39, 0.29) is 0 Å². The first kappa shape index (κ1) is 14.0. The molecule has 96 valence electrons. The highest BCUT2D eigenvalue weighted by Crippen LogP contribution is 2.25. The van der Waals surface area contributed by atoms with E-state index in [1.807, 2.05) is 12.1 Å². The average molecular weight is 237 g/mol. The SMILES string of the molecule is COCCNCCOc1ccccc1C(C)C. The van der Waals surface area contributed by atoms with Crippen LogP contribution < -0.4 is 10.1 Å². The fraction of sp³-hybridized carbons (Fsp3) is 0.571. The van der Waals surface area contributed by atoms with Crippen molar-refractivity contribution in [2.24, 2.45) is 0 Å². The highest BCUT2D eigenvalue weighted by Gasteiger charge is 2.05. The van der Waals surface area contributed by atoms with Crippen LogP contribution in [0.5, 0.6) is 5.75 Å². The molecule has 1 rings (SSSR count). The van der Waals surface area contributed by atoms with Crippen molar-refractivity contribution in [2.45, 2.75) is 19.8 Å². The molecular weight excluding hydrogens is 214 g/mol. The molecule has 0 radical (unpaired) electrons. The Bertz CT molecular complexity index is 313. The third-order valence-electron chi connectivity index (χ3n) is 2.56. The van der Waals surface area contributed by atoms with Crippen LogP contribution in [0.1, 0.15) is 25.3 Å². The van der Waals surface area contributed by atoms with Gasteiger partial charge >= 0.3 is 0 Å². The van der Waals surface area contributed by atoms with E-state index in [0.29, 0.717) is 12.5 Å². The summed E-state index contributed by atoms with van der Waals surface area (Å²) in [4.78, 5) is 0. The van der Waals surface area contributed by atoms with Crippen LogP contribution in [0.3, 0.4) is 0 Å². The summed E-state index contributed by atoms with van der Waals surface area (Å²) >= 11 is 0. The molecular formula is C14H23NO2. The summed E-state index contributed by atoms with van der Waals surface area (Å²) in [5, 5.41) is 3.26. The van der Waals surface area contributed by atoms with Gasteiger partial charge in [-0.1, -0.05) is 32.0 Å². The Labute approximate surface area is 104 Å². The summed E-state index contributed by atoms with van der Waals surface area (Å²) in [6.45, 7) is 7.50. The average Bonchev–Trinajstić information content (AvgIpc) is 2.34. The Balaban J connectivity index is 2.31. The molecule has 17 heavy (non-hydrogen) atoms. The maximum Gasteiger partial charge on any atom is 0.122 e. The van der Waals surface area contributed by atoms with Gasteiger partial charge in [-0.15, -0.1) is 0 Å². The van der Waals surface area contributed by atoms with Crippen molar-refractivity contribution in [3.63, 3.8) is 0 Å². The van der Waals surface area contributed by atoms with E-state index in [1.54, 1.807) is 7.11 Å². The van der Waals surface area contributed by atoms with Gasteiger partial charge in [-0.05, 0) is 17.5 Å². The van der Waals surface area contributed by atoms with Crippen LogP contribution in [-0.4, -0.2) is 33.4 Å². The smallest absolute Gasteiger partial charge is 0.122 e. The molecule has 1 aromatic carbocycles. The van der Waals surface area contributed by atoms with Crippen molar-refractivity contribution < 1.29 is 9.47 Å². The zero-order valence-corrected chi connectivity index (χ0v) is 11.0. The fourth-order valence-corrected chi connectivity index (χ4v) is 1.62. The number of hydrogen-bond donors (Lipinski definition) is 1. The summed E-state index contributed by atoms with van der Waals surface area (Å²) in [6.07, 6.45) is 0. The van der Waals surface area contributed by atoms with E-state index in [1.165, 1.54) is 5.56 Å². The first-order chi connectivity index (χ1) is 8.25. The van der Waals surface area contributed by atoms with Crippen LogP contribution in [0.25, 0.3) is 0 Å². The van der Waals surface area contributed by atoms with Gasteiger partial charge in [0.05, 0.1) is 6.61 Å². The summed E-state index contributed by atoms with van der Waals surface area (Å²) in [5.41, 5.74) is 1.27. The van der Waals surface area contributed by atoms with Crippen LogP contribution >= 0.6 is 0 Å². The molecule has 3 nitrogen and oxygen atoms in total. The minimum absolute atomic E-state index is 0.493. The Morgan fingerprint density at radius 3 is 2.53 bits per heavy atom. The lowest BCUT2D eigenvalue weighted by molar-refractivity contribution is 0.196. The number of rotatable bonds is 8. The van der Waals surface area contributed by atoms with E-state index < -0.39 is 0 Å². The molecule has 3 heteroatoms. The van der Waals surface area contributed by atoms with Gasteiger partial charge in [-0.2, -0.15) is 0 Å². The van der Waals surface area contributed by atoms with Crippen molar-refractivity contribution >= 4 is 0 Å². The van der Waals surface area contributed by atoms with Crippen molar-refractivity contribution in [3.05, 3.63) is 29.8 Å². The second kappa shape index (κ2) is 8.09. The molecule has 1 N–H and O–H groups in total. The van der Waals surface area contributed by atoms with Gasteiger partial charge in [0.2, 0.25) is 0 Å². The predicted octanol–water partition coefficient (Wildman–Crippen LogP) is 2.42. The number of ether oxygens (including phenoxy) is 2. The molecule has 0 aromatic heterocycles. The molecule has 0 saturated carbocycles. The lowest BCUT2D eigenvalue weighted by atomic mass is 10.0. The van der Waals surface area contributed by atoms with E-state index >= 15 is 0 Å². The monoisotopic (exact) mass is 237 g/mol. The molecule has 0 unspecified atom stereocenters. The second-order valence-corrected chi connectivity index (χ2v) is 4.28. The normalized spacial score (nSPS) is 10.8. The van der Waals surface area contributed by atoms with Crippen molar-refractivity contribution in [1.82, 2.24) is 5.32 Å². The van der Waals surface area contributed by atoms with Gasteiger partial charge in [0, 0.05) is 20.2 Å². The van der Waals surface area contributed by atoms with E-state index in [0.717, 1.165) is 25.4 Å². The molecule has 0 saturated heterocycles. The van der Waals surface area contributed by atoms with Crippen molar-refractivity contribution in [1.29, 1.82) is 0 Å². The van der Waals surface area contributed by atoms with Crippen molar-refractivity contribution in [3.8, 4) is 5.75 Å². The Morgan fingerprint density at radius 2 is 1.82 bits per heavy atom. The van der Waals surface area contributed by atoms with Gasteiger partial charge in [-0.25, -0.2) is 0 Å². The van der Waals surface area contributed by atoms with E-state index in [9.17, 15) is 0 Å². The maximum absolute atomic E-state index is 5.78. The molecule has 0 fully saturated rings. The number of methoxy groups -OCH3 is 1. The number of hydrogen-bond acceptors (Lipinski definition) is 3. The highest BCUT2D eigenvalue weighted by atomic mass is 16.5. The molecule has 0 aliphatic rings. The second-order valence-electron chi connectivity index (χ2n) is 4.28. The van der Waals surface area contributed by atoms with Gasteiger partial charge in [0.1, 0.15) is 12.4 Å². The summed E-state index contributed by atoms with van der Waals surface area (Å²) < 4.78 is 10.7. The zero-order chi connectivity index (χ0) is 12.5. The Kier molecular flexibility index (Phi) is 6.67. The number of benzene rings is 1. The third-order valence-corrected chi connectivity index (χ3v) is 2.56. The molecule has 1 aromatic rings.